The molecule has 1 aliphatic rings. The molecule has 18 heteroatoms. The molecule has 0 saturated carbocycles. The fourth-order valence-electron chi connectivity index (χ4n) is 5.35. The van der Waals surface area contributed by atoms with E-state index < -0.39 is 67.1 Å². The van der Waals surface area contributed by atoms with E-state index in [1.54, 1.807) is 54.6 Å². The molecule has 6 atom stereocenters. The predicted octanol–water partition coefficient (Wildman–Crippen LogP) is 0.252. The molecule has 1 fully saturated rings. The highest BCUT2D eigenvalue weighted by atomic mass is 35.5. The molecule has 0 aromatic heterocycles. The van der Waals surface area contributed by atoms with Gasteiger partial charge in [0.15, 0.2) is 0 Å². The average Bonchev–Trinajstić information content (AvgIpc) is 3.19. The second kappa shape index (κ2) is 26.1. The van der Waals surface area contributed by atoms with Crippen LogP contribution in [0.2, 0.25) is 5.02 Å². The monoisotopic (exact) mass is 809 g/mol. The first-order valence-corrected chi connectivity index (χ1v) is 18.4. The molecule has 0 aliphatic carbocycles. The van der Waals surface area contributed by atoms with Crippen molar-refractivity contribution in [2.75, 3.05) is 79.2 Å². The Hall–Kier alpha value is -3.90. The molecule has 2 aromatic carbocycles. The van der Waals surface area contributed by atoms with E-state index in [0.29, 0.717) is 55.8 Å². The fourth-order valence-corrected chi connectivity index (χ4v) is 5.47. The largest absolute Gasteiger partial charge is 0.477 e. The lowest BCUT2D eigenvalue weighted by atomic mass is 9.88. The number of carboxylic acid groups (broad SMARTS) is 1. The molecule has 310 valence electrons. The minimum absolute atomic E-state index is 0.0428. The molecule has 3 amide bonds. The first kappa shape index (κ1) is 46.5. The van der Waals surface area contributed by atoms with E-state index in [2.05, 4.69) is 21.9 Å². The molecule has 3 rings (SSSR count). The van der Waals surface area contributed by atoms with E-state index in [9.17, 15) is 34.8 Å². The number of aliphatic carboxylic acids is 1. The molecule has 1 saturated heterocycles. The van der Waals surface area contributed by atoms with Crippen molar-refractivity contribution in [3.05, 3.63) is 70.7 Å². The van der Waals surface area contributed by atoms with Gasteiger partial charge in [-0.25, -0.2) is 9.59 Å². The predicted molar refractivity (Wildman–Crippen MR) is 201 cm³/mol. The summed E-state index contributed by atoms with van der Waals surface area (Å²) >= 11 is 5.90. The Morgan fingerprint density at radius 3 is 2.04 bits per heavy atom. The zero-order valence-corrected chi connectivity index (χ0v) is 31.8. The van der Waals surface area contributed by atoms with Crippen LogP contribution in [0.1, 0.15) is 17.5 Å². The van der Waals surface area contributed by atoms with Crippen LogP contribution in [0.5, 0.6) is 0 Å². The number of amides is 3. The molecule has 1 heterocycles. The summed E-state index contributed by atoms with van der Waals surface area (Å²) in [6, 6.07) is 13.0. The summed E-state index contributed by atoms with van der Waals surface area (Å²) in [6.45, 7) is 2.59. The Bertz CT molecular complexity index is 1480. The Balaban J connectivity index is 1.48. The number of carboxylic acids is 1. The van der Waals surface area contributed by atoms with E-state index >= 15 is 0 Å². The van der Waals surface area contributed by atoms with Gasteiger partial charge in [0.1, 0.15) is 18.8 Å². The van der Waals surface area contributed by atoms with Gasteiger partial charge in [0.2, 0.25) is 5.91 Å². The quantitative estimate of drug-likeness (QED) is 0.0474. The number of halogens is 1. The van der Waals surface area contributed by atoms with Crippen molar-refractivity contribution in [2.24, 2.45) is 0 Å². The van der Waals surface area contributed by atoms with Crippen LogP contribution in [0.3, 0.4) is 0 Å². The van der Waals surface area contributed by atoms with E-state index in [4.69, 9.17) is 51.2 Å². The van der Waals surface area contributed by atoms with Crippen molar-refractivity contribution in [2.45, 2.75) is 55.7 Å². The molecule has 0 bridgehead atoms. The van der Waals surface area contributed by atoms with Gasteiger partial charge in [-0.05, 0) is 23.3 Å². The SMILES string of the molecule is C#CCOCCOCCOCCOCCOCCNC(=O)N[C@H]1[C@H]([C@H](O)[C@H](O)CNC(=O)Cc2ccc(Cl)cc2)O[C@@](OCc2ccccc2)(C(=O)O)C[C@@H]1O. The lowest BCUT2D eigenvalue weighted by Crippen LogP contribution is -2.68. The lowest BCUT2D eigenvalue weighted by molar-refractivity contribution is -0.313. The van der Waals surface area contributed by atoms with Gasteiger partial charge in [0.25, 0.3) is 5.79 Å². The molecule has 0 unspecified atom stereocenters. The van der Waals surface area contributed by atoms with Gasteiger partial charge in [0.05, 0.1) is 90.7 Å². The fraction of sp³-hybridized carbons (Fsp3) is 0.553. The normalized spacial score (nSPS) is 20.4. The van der Waals surface area contributed by atoms with Crippen LogP contribution in [0, 0.1) is 12.3 Å². The van der Waals surface area contributed by atoms with E-state index in [-0.39, 0.29) is 46.0 Å². The maximum atomic E-state index is 12.9. The van der Waals surface area contributed by atoms with Crippen LogP contribution in [0.4, 0.5) is 4.79 Å². The number of carbonyl (C=O) groups excluding carboxylic acids is 2. The van der Waals surface area contributed by atoms with Crippen LogP contribution >= 0.6 is 11.6 Å². The number of rotatable bonds is 27. The van der Waals surface area contributed by atoms with Crippen molar-refractivity contribution in [3.63, 3.8) is 0 Å². The van der Waals surface area contributed by atoms with Crippen molar-refractivity contribution >= 4 is 29.5 Å². The maximum Gasteiger partial charge on any atom is 0.364 e. The molecule has 17 nitrogen and oxygen atoms in total. The van der Waals surface area contributed by atoms with Crippen LogP contribution in [0.25, 0.3) is 0 Å². The first-order chi connectivity index (χ1) is 27.0. The number of hydrogen-bond acceptors (Lipinski definition) is 13. The Labute approximate surface area is 330 Å². The van der Waals surface area contributed by atoms with Gasteiger partial charge >= 0.3 is 12.0 Å². The minimum atomic E-state index is -2.47. The summed E-state index contributed by atoms with van der Waals surface area (Å²) in [5, 5.41) is 51.7. The van der Waals surface area contributed by atoms with Gasteiger partial charge < -0.3 is 69.5 Å². The molecular formula is C38H52ClN3O14. The molecule has 2 aromatic rings. The third-order valence-corrected chi connectivity index (χ3v) is 8.49. The number of carbonyl (C=O) groups is 3. The minimum Gasteiger partial charge on any atom is -0.477 e. The lowest BCUT2D eigenvalue weighted by Gasteiger charge is -2.46. The summed E-state index contributed by atoms with van der Waals surface area (Å²) in [4.78, 5) is 38.1. The molecule has 56 heavy (non-hydrogen) atoms. The highest BCUT2D eigenvalue weighted by Crippen LogP contribution is 2.34. The van der Waals surface area contributed by atoms with Crippen LogP contribution in [-0.2, 0) is 55.8 Å². The zero-order valence-electron chi connectivity index (χ0n) is 31.0. The van der Waals surface area contributed by atoms with Crippen molar-refractivity contribution in [1.82, 2.24) is 16.0 Å². The van der Waals surface area contributed by atoms with E-state index in [1.807, 2.05) is 0 Å². The summed E-state index contributed by atoms with van der Waals surface area (Å²) in [5.74, 6) is -2.19. The molecule has 0 spiro atoms. The van der Waals surface area contributed by atoms with Crippen molar-refractivity contribution in [3.8, 4) is 12.3 Å². The number of terminal acetylenes is 1. The van der Waals surface area contributed by atoms with Gasteiger partial charge in [-0.3, -0.25) is 4.79 Å². The van der Waals surface area contributed by atoms with Crippen LogP contribution in [0.15, 0.2) is 54.6 Å². The number of nitrogens with one attached hydrogen (secondary N) is 3. The van der Waals surface area contributed by atoms with Gasteiger partial charge in [-0.1, -0.05) is 60.0 Å². The first-order valence-electron chi connectivity index (χ1n) is 18.1. The van der Waals surface area contributed by atoms with Gasteiger partial charge in [0, 0.05) is 24.5 Å². The number of aliphatic hydroxyl groups is 3. The molecule has 0 radical (unpaired) electrons. The average molecular weight is 810 g/mol. The summed E-state index contributed by atoms with van der Waals surface area (Å²) in [6.07, 6.45) is -2.59. The standard InChI is InChI=1S/C38H52ClN3O14/c1-2-13-50-15-17-52-19-21-54-22-20-53-18-16-51-14-12-40-37(49)42-33-30(43)24-38(36(47)48,55-26-28-6-4-3-5-7-28)56-35(33)34(46)31(44)25-41-32(45)23-27-8-10-29(39)11-9-27/h1,3-11,30-31,33-35,43-44,46H,12-26H2,(H,41,45)(H,47,48)(H2,40,42,49)/t30-,31+,33+,34+,35+,38+/m0/s1. The zero-order chi connectivity index (χ0) is 40.6. The van der Waals surface area contributed by atoms with Crippen LogP contribution < -0.4 is 16.0 Å². The number of urea groups is 1. The third kappa shape index (κ3) is 17.1. The van der Waals surface area contributed by atoms with Crippen LogP contribution in [-0.4, -0.2) is 154 Å². The number of ether oxygens (including phenoxy) is 7. The number of hydrogen-bond donors (Lipinski definition) is 7. The summed E-state index contributed by atoms with van der Waals surface area (Å²) < 4.78 is 38.3. The van der Waals surface area contributed by atoms with Crippen molar-refractivity contribution < 1.29 is 68.0 Å². The highest BCUT2D eigenvalue weighted by Gasteiger charge is 2.56. The second-order valence-electron chi connectivity index (χ2n) is 12.5. The highest BCUT2D eigenvalue weighted by molar-refractivity contribution is 6.30. The topological polar surface area (TPSA) is 233 Å². The Morgan fingerprint density at radius 1 is 0.857 bits per heavy atom. The Kier molecular flexibility index (Phi) is 21.7. The number of aliphatic hydroxyl groups excluding tert-OH is 3. The number of benzene rings is 2. The van der Waals surface area contributed by atoms with Gasteiger partial charge in [-0.15, -0.1) is 6.42 Å². The Morgan fingerprint density at radius 2 is 1.45 bits per heavy atom. The van der Waals surface area contributed by atoms with Gasteiger partial charge in [-0.2, -0.15) is 0 Å². The maximum absolute atomic E-state index is 12.9. The van der Waals surface area contributed by atoms with E-state index in [0.717, 1.165) is 0 Å². The smallest absolute Gasteiger partial charge is 0.364 e. The molecule has 1 aliphatic heterocycles. The molecular weight excluding hydrogens is 758 g/mol. The summed E-state index contributed by atoms with van der Waals surface area (Å²) in [7, 11) is 0. The third-order valence-electron chi connectivity index (χ3n) is 8.23. The summed E-state index contributed by atoms with van der Waals surface area (Å²) in [5.41, 5.74) is 1.25. The second-order valence-corrected chi connectivity index (χ2v) is 12.9. The molecule has 7 N–H and O–H groups in total. The van der Waals surface area contributed by atoms with Crippen molar-refractivity contribution in [1.29, 1.82) is 0 Å². The van der Waals surface area contributed by atoms with E-state index in [1.165, 1.54) is 0 Å².